The maximum atomic E-state index is 13.2. The van der Waals surface area contributed by atoms with Crippen LogP contribution in [0.5, 0.6) is 5.75 Å². The summed E-state index contributed by atoms with van der Waals surface area (Å²) >= 11 is 0. The molecule has 0 atom stereocenters. The van der Waals surface area contributed by atoms with Crippen LogP contribution in [0.4, 0.5) is 8.78 Å². The Morgan fingerprint density at radius 1 is 0.962 bits per heavy atom. The lowest BCUT2D eigenvalue weighted by molar-refractivity contribution is -0.140. The maximum absolute atomic E-state index is 13.2. The van der Waals surface area contributed by atoms with Crippen molar-refractivity contribution in [2.75, 3.05) is 0 Å². The molecule has 0 heterocycles. The SMILES string of the molecule is CCC[C@H]1CC[C@H]([C@H]2CC[C@H](C(=O)Oc3ccc(F)c(F)c3)CC2)CC1. The molecule has 0 radical (unpaired) electrons. The zero-order chi connectivity index (χ0) is 18.5. The van der Waals surface area contributed by atoms with Crippen molar-refractivity contribution in [1.29, 1.82) is 0 Å². The summed E-state index contributed by atoms with van der Waals surface area (Å²) in [5, 5.41) is 0. The van der Waals surface area contributed by atoms with Crippen LogP contribution in [0.15, 0.2) is 18.2 Å². The Bertz CT molecular complexity index is 600. The molecule has 0 aromatic heterocycles. The van der Waals surface area contributed by atoms with E-state index in [0.29, 0.717) is 0 Å². The zero-order valence-electron chi connectivity index (χ0n) is 15.7. The molecule has 0 amide bonds. The van der Waals surface area contributed by atoms with Crippen LogP contribution < -0.4 is 4.74 Å². The number of halogens is 2. The summed E-state index contributed by atoms with van der Waals surface area (Å²) in [7, 11) is 0. The van der Waals surface area contributed by atoms with Crippen molar-refractivity contribution in [2.45, 2.75) is 71.1 Å². The van der Waals surface area contributed by atoms with E-state index in [2.05, 4.69) is 6.92 Å². The molecular weight excluding hydrogens is 334 g/mol. The molecule has 2 saturated carbocycles. The van der Waals surface area contributed by atoms with E-state index in [0.717, 1.165) is 55.6 Å². The second-order valence-corrected chi connectivity index (χ2v) is 8.18. The van der Waals surface area contributed by atoms with Gasteiger partial charge in [0.25, 0.3) is 0 Å². The number of hydrogen-bond donors (Lipinski definition) is 0. The smallest absolute Gasteiger partial charge is 0.314 e. The van der Waals surface area contributed by atoms with E-state index < -0.39 is 11.6 Å². The Kier molecular flexibility index (Phi) is 6.66. The standard InChI is InChI=1S/C22H30F2O2/c1-2-3-15-4-6-16(7-5-15)17-8-10-18(11-9-17)22(25)26-19-12-13-20(23)21(24)14-19/h12-18H,2-11H2,1H3/t15-,16-,17-,18-. The number of rotatable bonds is 5. The molecule has 4 heteroatoms. The minimum Gasteiger partial charge on any atom is -0.426 e. The predicted molar refractivity (Wildman–Crippen MR) is 97.8 cm³/mol. The van der Waals surface area contributed by atoms with Gasteiger partial charge in [0.15, 0.2) is 11.6 Å². The third-order valence-electron chi connectivity index (χ3n) is 6.47. The highest BCUT2D eigenvalue weighted by molar-refractivity contribution is 5.75. The highest BCUT2D eigenvalue weighted by Crippen LogP contribution is 2.42. The lowest BCUT2D eigenvalue weighted by atomic mass is 9.69. The summed E-state index contributed by atoms with van der Waals surface area (Å²) in [5.41, 5.74) is 0. The molecule has 2 fully saturated rings. The number of hydrogen-bond acceptors (Lipinski definition) is 2. The molecular formula is C22H30F2O2. The van der Waals surface area contributed by atoms with E-state index in [9.17, 15) is 13.6 Å². The largest absolute Gasteiger partial charge is 0.426 e. The molecule has 1 aromatic carbocycles. The van der Waals surface area contributed by atoms with Crippen LogP contribution in [0.2, 0.25) is 0 Å². The number of benzene rings is 1. The van der Waals surface area contributed by atoms with Gasteiger partial charge in [0.05, 0.1) is 5.92 Å². The number of ether oxygens (including phenoxy) is 1. The van der Waals surface area contributed by atoms with Gasteiger partial charge in [-0.15, -0.1) is 0 Å². The fourth-order valence-corrected chi connectivity index (χ4v) is 4.92. The molecule has 0 spiro atoms. The van der Waals surface area contributed by atoms with E-state index in [-0.39, 0.29) is 17.6 Å². The third-order valence-corrected chi connectivity index (χ3v) is 6.47. The van der Waals surface area contributed by atoms with Gasteiger partial charge >= 0.3 is 5.97 Å². The first-order valence-corrected chi connectivity index (χ1v) is 10.2. The molecule has 0 N–H and O–H groups in total. The van der Waals surface area contributed by atoms with Gasteiger partial charge in [-0.05, 0) is 68.4 Å². The Balaban J connectivity index is 1.44. The van der Waals surface area contributed by atoms with Gasteiger partial charge in [-0.25, -0.2) is 8.78 Å². The number of carbonyl (C=O) groups excluding carboxylic acids is 1. The monoisotopic (exact) mass is 364 g/mol. The number of esters is 1. The molecule has 1 aromatic rings. The summed E-state index contributed by atoms with van der Waals surface area (Å²) in [6.45, 7) is 2.27. The quantitative estimate of drug-likeness (QED) is 0.454. The van der Waals surface area contributed by atoms with Crippen LogP contribution in [0.1, 0.15) is 71.1 Å². The molecule has 144 valence electrons. The van der Waals surface area contributed by atoms with E-state index in [1.54, 1.807) is 0 Å². The highest BCUT2D eigenvalue weighted by atomic mass is 19.2. The molecule has 0 aliphatic heterocycles. The lowest BCUT2D eigenvalue weighted by Crippen LogP contribution is -2.30. The van der Waals surface area contributed by atoms with Crippen molar-refractivity contribution >= 4 is 5.97 Å². The molecule has 2 aliphatic rings. The lowest BCUT2D eigenvalue weighted by Gasteiger charge is -2.37. The minimum atomic E-state index is -0.988. The summed E-state index contributed by atoms with van der Waals surface area (Å²) < 4.78 is 31.5. The first-order valence-electron chi connectivity index (χ1n) is 10.2. The van der Waals surface area contributed by atoms with E-state index in [1.165, 1.54) is 44.6 Å². The van der Waals surface area contributed by atoms with Crippen LogP contribution >= 0.6 is 0 Å². The summed E-state index contributed by atoms with van der Waals surface area (Å²) in [4.78, 5) is 12.3. The van der Waals surface area contributed by atoms with Gasteiger partial charge in [-0.2, -0.15) is 0 Å². The molecule has 26 heavy (non-hydrogen) atoms. The second kappa shape index (κ2) is 8.96. The summed E-state index contributed by atoms with van der Waals surface area (Å²) in [6, 6.07) is 3.23. The van der Waals surface area contributed by atoms with E-state index >= 15 is 0 Å². The van der Waals surface area contributed by atoms with Crippen LogP contribution in [-0.4, -0.2) is 5.97 Å². The summed E-state index contributed by atoms with van der Waals surface area (Å²) in [6.07, 6.45) is 12.0. The highest BCUT2D eigenvalue weighted by Gasteiger charge is 2.33. The van der Waals surface area contributed by atoms with Crippen molar-refractivity contribution in [2.24, 2.45) is 23.7 Å². The molecule has 3 rings (SSSR count). The average molecular weight is 364 g/mol. The predicted octanol–water partition coefficient (Wildman–Crippen LogP) is 6.28. The van der Waals surface area contributed by atoms with Crippen LogP contribution in [0.25, 0.3) is 0 Å². The van der Waals surface area contributed by atoms with Crippen molar-refractivity contribution in [3.05, 3.63) is 29.8 Å². The van der Waals surface area contributed by atoms with Gasteiger partial charge in [-0.1, -0.05) is 32.6 Å². The first kappa shape index (κ1) is 19.3. The maximum Gasteiger partial charge on any atom is 0.314 e. The van der Waals surface area contributed by atoms with Gasteiger partial charge in [0.2, 0.25) is 0 Å². The Morgan fingerprint density at radius 3 is 2.15 bits per heavy atom. The molecule has 0 saturated heterocycles. The van der Waals surface area contributed by atoms with Crippen LogP contribution in [0.3, 0.4) is 0 Å². The normalized spacial score (nSPS) is 29.3. The fourth-order valence-electron chi connectivity index (χ4n) is 4.92. The van der Waals surface area contributed by atoms with Gasteiger partial charge in [0, 0.05) is 6.07 Å². The molecule has 2 aliphatic carbocycles. The van der Waals surface area contributed by atoms with Crippen LogP contribution in [0, 0.1) is 35.3 Å². The summed E-state index contributed by atoms with van der Waals surface area (Å²) in [5.74, 6) is 0.244. The van der Waals surface area contributed by atoms with E-state index in [1.807, 2.05) is 0 Å². The minimum absolute atomic E-state index is 0.0882. The molecule has 0 unspecified atom stereocenters. The fraction of sp³-hybridized carbons (Fsp3) is 0.682. The Morgan fingerprint density at radius 2 is 1.58 bits per heavy atom. The van der Waals surface area contributed by atoms with Crippen molar-refractivity contribution < 1.29 is 18.3 Å². The van der Waals surface area contributed by atoms with Gasteiger partial charge in [0.1, 0.15) is 5.75 Å². The second-order valence-electron chi connectivity index (χ2n) is 8.18. The average Bonchev–Trinajstić information content (AvgIpc) is 2.66. The topological polar surface area (TPSA) is 26.3 Å². The van der Waals surface area contributed by atoms with Gasteiger partial charge in [-0.3, -0.25) is 4.79 Å². The Hall–Kier alpha value is -1.45. The Labute approximate surface area is 155 Å². The van der Waals surface area contributed by atoms with Crippen molar-refractivity contribution in [1.82, 2.24) is 0 Å². The molecule has 2 nitrogen and oxygen atoms in total. The molecule has 0 bridgehead atoms. The van der Waals surface area contributed by atoms with E-state index in [4.69, 9.17) is 4.74 Å². The first-order chi connectivity index (χ1) is 12.6. The van der Waals surface area contributed by atoms with Gasteiger partial charge < -0.3 is 4.74 Å². The number of carbonyl (C=O) groups is 1. The third kappa shape index (κ3) is 4.83. The van der Waals surface area contributed by atoms with Crippen LogP contribution in [-0.2, 0) is 4.79 Å². The van der Waals surface area contributed by atoms with Crippen molar-refractivity contribution in [3.63, 3.8) is 0 Å². The van der Waals surface area contributed by atoms with Crippen molar-refractivity contribution in [3.8, 4) is 5.75 Å². The zero-order valence-corrected chi connectivity index (χ0v) is 15.7.